The van der Waals surface area contributed by atoms with Gasteiger partial charge in [0.1, 0.15) is 0 Å². The highest BCUT2D eigenvalue weighted by Gasteiger charge is 2.24. The van der Waals surface area contributed by atoms with E-state index in [1.807, 2.05) is 11.9 Å². The monoisotopic (exact) mass is 344 g/mol. The zero-order chi connectivity index (χ0) is 17.8. The normalized spacial score (nSPS) is 23.1. The summed E-state index contributed by atoms with van der Waals surface area (Å²) in [6, 6.07) is 9.74. The van der Waals surface area contributed by atoms with Crippen LogP contribution in [0.4, 0.5) is 5.69 Å². The maximum absolute atomic E-state index is 11.6. The van der Waals surface area contributed by atoms with Crippen molar-refractivity contribution < 1.29 is 4.79 Å². The summed E-state index contributed by atoms with van der Waals surface area (Å²) in [5, 5.41) is 3.67. The SMILES string of the molecule is CN1CCC(N(C)c2ccccc2CNC2CCC(=O)N(C)C2)CC1. The molecule has 3 rings (SSSR count). The summed E-state index contributed by atoms with van der Waals surface area (Å²) in [5.41, 5.74) is 2.69. The van der Waals surface area contributed by atoms with E-state index in [1.165, 1.54) is 37.2 Å². The molecule has 0 aromatic heterocycles. The van der Waals surface area contributed by atoms with Gasteiger partial charge in [0.2, 0.25) is 5.91 Å². The van der Waals surface area contributed by atoms with Crippen molar-refractivity contribution in [1.82, 2.24) is 15.1 Å². The van der Waals surface area contributed by atoms with Crippen LogP contribution in [0.2, 0.25) is 0 Å². The standard InChI is InChI=1S/C20H32N4O/c1-22-12-10-18(11-13-22)24(3)19-7-5-4-6-16(19)14-21-17-8-9-20(25)23(2)15-17/h4-7,17-18,21H,8-15H2,1-3H3. The van der Waals surface area contributed by atoms with Gasteiger partial charge >= 0.3 is 0 Å². The molecule has 2 heterocycles. The minimum Gasteiger partial charge on any atom is -0.371 e. The number of hydrogen-bond donors (Lipinski definition) is 1. The number of amides is 1. The molecule has 1 aromatic carbocycles. The Kier molecular flexibility index (Phi) is 5.97. The highest BCUT2D eigenvalue weighted by Crippen LogP contribution is 2.25. The molecule has 1 N–H and O–H groups in total. The van der Waals surface area contributed by atoms with Gasteiger partial charge in [-0.1, -0.05) is 18.2 Å². The molecule has 1 amide bonds. The second kappa shape index (κ2) is 8.19. The molecule has 5 heteroatoms. The molecule has 2 aliphatic heterocycles. The number of piperidine rings is 2. The number of carbonyl (C=O) groups excluding carboxylic acids is 1. The Hall–Kier alpha value is -1.59. The lowest BCUT2D eigenvalue weighted by atomic mass is 10.0. The molecule has 1 atom stereocenters. The Balaban J connectivity index is 1.61. The van der Waals surface area contributed by atoms with Crippen LogP contribution < -0.4 is 10.2 Å². The first-order valence-electron chi connectivity index (χ1n) is 9.51. The van der Waals surface area contributed by atoms with Crippen molar-refractivity contribution in [2.45, 2.75) is 44.3 Å². The van der Waals surface area contributed by atoms with E-state index in [4.69, 9.17) is 0 Å². The van der Waals surface area contributed by atoms with Crippen molar-refractivity contribution in [3.05, 3.63) is 29.8 Å². The number of rotatable bonds is 5. The lowest BCUT2D eigenvalue weighted by Gasteiger charge is -2.37. The summed E-state index contributed by atoms with van der Waals surface area (Å²) in [6.45, 7) is 4.03. The smallest absolute Gasteiger partial charge is 0.222 e. The molecule has 2 saturated heterocycles. The molecule has 138 valence electrons. The number of likely N-dealkylation sites (tertiary alicyclic amines) is 2. The number of nitrogens with zero attached hydrogens (tertiary/aromatic N) is 3. The van der Waals surface area contributed by atoms with Crippen LogP contribution in [0.1, 0.15) is 31.2 Å². The Morgan fingerprint density at radius 3 is 2.60 bits per heavy atom. The predicted molar refractivity (Wildman–Crippen MR) is 103 cm³/mol. The van der Waals surface area contributed by atoms with Gasteiger partial charge in [-0.3, -0.25) is 4.79 Å². The van der Waals surface area contributed by atoms with Crippen LogP contribution in [0.15, 0.2) is 24.3 Å². The highest BCUT2D eigenvalue weighted by atomic mass is 16.2. The Morgan fingerprint density at radius 1 is 1.16 bits per heavy atom. The lowest BCUT2D eigenvalue weighted by Crippen LogP contribution is -2.46. The molecular formula is C20H32N4O. The molecule has 0 bridgehead atoms. The largest absolute Gasteiger partial charge is 0.371 e. The van der Waals surface area contributed by atoms with Crippen LogP contribution in [0.3, 0.4) is 0 Å². The highest BCUT2D eigenvalue weighted by molar-refractivity contribution is 5.76. The van der Waals surface area contributed by atoms with Crippen molar-refractivity contribution in [2.75, 3.05) is 45.7 Å². The van der Waals surface area contributed by atoms with Crippen LogP contribution >= 0.6 is 0 Å². The van der Waals surface area contributed by atoms with Crippen LogP contribution in [-0.2, 0) is 11.3 Å². The van der Waals surface area contributed by atoms with Gasteiger partial charge in [-0.25, -0.2) is 0 Å². The average Bonchev–Trinajstić information content (AvgIpc) is 2.63. The van der Waals surface area contributed by atoms with E-state index in [0.717, 1.165) is 19.5 Å². The summed E-state index contributed by atoms with van der Waals surface area (Å²) in [5.74, 6) is 0.264. The van der Waals surface area contributed by atoms with Crippen molar-refractivity contribution in [3.63, 3.8) is 0 Å². The van der Waals surface area contributed by atoms with E-state index >= 15 is 0 Å². The summed E-state index contributed by atoms with van der Waals surface area (Å²) in [7, 11) is 6.35. The van der Waals surface area contributed by atoms with Gasteiger partial charge in [-0.15, -0.1) is 0 Å². The maximum Gasteiger partial charge on any atom is 0.222 e. The molecule has 1 unspecified atom stereocenters. The van der Waals surface area contributed by atoms with Gasteiger partial charge in [-0.2, -0.15) is 0 Å². The second-order valence-electron chi connectivity index (χ2n) is 7.66. The first-order valence-corrected chi connectivity index (χ1v) is 9.51. The molecular weight excluding hydrogens is 312 g/mol. The van der Waals surface area contributed by atoms with Crippen LogP contribution in [0, 0.1) is 0 Å². The van der Waals surface area contributed by atoms with E-state index in [1.54, 1.807) is 0 Å². The first kappa shape index (κ1) is 18.2. The molecule has 0 spiro atoms. The summed E-state index contributed by atoms with van der Waals surface area (Å²) in [4.78, 5) is 18.4. The molecule has 2 fully saturated rings. The third-order valence-electron chi connectivity index (χ3n) is 5.82. The van der Waals surface area contributed by atoms with Gasteiger partial charge in [0, 0.05) is 51.4 Å². The number of likely N-dealkylation sites (N-methyl/N-ethyl adjacent to an activating group) is 1. The molecule has 0 aliphatic carbocycles. The number of anilines is 1. The second-order valence-corrected chi connectivity index (χ2v) is 7.66. The van der Waals surface area contributed by atoms with Crippen molar-refractivity contribution in [3.8, 4) is 0 Å². The van der Waals surface area contributed by atoms with E-state index < -0.39 is 0 Å². The van der Waals surface area contributed by atoms with Gasteiger partial charge in [0.25, 0.3) is 0 Å². The van der Waals surface area contributed by atoms with E-state index in [-0.39, 0.29) is 5.91 Å². The third-order valence-corrected chi connectivity index (χ3v) is 5.82. The third kappa shape index (κ3) is 4.53. The summed E-state index contributed by atoms with van der Waals surface area (Å²) >= 11 is 0. The van der Waals surface area contributed by atoms with Gasteiger partial charge in [0.15, 0.2) is 0 Å². The van der Waals surface area contributed by atoms with Crippen molar-refractivity contribution >= 4 is 11.6 Å². The Labute approximate surface area is 152 Å². The van der Waals surface area contributed by atoms with Crippen molar-refractivity contribution in [1.29, 1.82) is 0 Å². The minimum atomic E-state index is 0.264. The first-order chi connectivity index (χ1) is 12.0. The van der Waals surface area contributed by atoms with Crippen LogP contribution in [-0.4, -0.2) is 68.6 Å². The number of nitrogens with one attached hydrogen (secondary N) is 1. The van der Waals surface area contributed by atoms with E-state index in [9.17, 15) is 4.79 Å². The van der Waals surface area contributed by atoms with Crippen molar-refractivity contribution in [2.24, 2.45) is 0 Å². The fraction of sp³-hybridized carbons (Fsp3) is 0.650. The number of hydrogen-bond acceptors (Lipinski definition) is 4. The zero-order valence-electron chi connectivity index (χ0n) is 15.9. The fourth-order valence-corrected chi connectivity index (χ4v) is 4.02. The maximum atomic E-state index is 11.6. The number of para-hydroxylation sites is 1. The quantitative estimate of drug-likeness (QED) is 0.886. The van der Waals surface area contributed by atoms with E-state index in [2.05, 4.69) is 53.5 Å². The molecule has 2 aliphatic rings. The Bertz CT molecular complexity index is 583. The Morgan fingerprint density at radius 2 is 1.88 bits per heavy atom. The number of carbonyl (C=O) groups is 1. The molecule has 0 radical (unpaired) electrons. The topological polar surface area (TPSA) is 38.8 Å². The zero-order valence-corrected chi connectivity index (χ0v) is 15.9. The minimum absolute atomic E-state index is 0.264. The van der Waals surface area contributed by atoms with E-state index in [0.29, 0.717) is 18.5 Å². The molecule has 0 saturated carbocycles. The molecule has 1 aromatic rings. The lowest BCUT2D eigenvalue weighted by molar-refractivity contribution is -0.132. The predicted octanol–water partition coefficient (Wildman–Crippen LogP) is 1.93. The van der Waals surface area contributed by atoms with Gasteiger partial charge in [0.05, 0.1) is 0 Å². The van der Waals surface area contributed by atoms with Crippen LogP contribution in [0.5, 0.6) is 0 Å². The molecule has 5 nitrogen and oxygen atoms in total. The fourth-order valence-electron chi connectivity index (χ4n) is 4.02. The summed E-state index contributed by atoms with van der Waals surface area (Å²) in [6.07, 6.45) is 4.05. The van der Waals surface area contributed by atoms with Gasteiger partial charge < -0.3 is 20.0 Å². The number of benzene rings is 1. The molecule has 25 heavy (non-hydrogen) atoms. The summed E-state index contributed by atoms with van der Waals surface area (Å²) < 4.78 is 0. The van der Waals surface area contributed by atoms with Crippen LogP contribution in [0.25, 0.3) is 0 Å². The van der Waals surface area contributed by atoms with Gasteiger partial charge in [-0.05, 0) is 51.0 Å². The average molecular weight is 345 g/mol.